The number of rotatable bonds is 3. The molecule has 1 N–H and O–H groups in total. The zero-order chi connectivity index (χ0) is 21.3. The SMILES string of the molecule is C1=Cc2cccc(-c3cccc(-c4cccc(-n5cccn5)c4)c3)c2Nc2ncccc21. The Hall–Kier alpha value is -4.44. The second-order valence-electron chi connectivity index (χ2n) is 7.75. The summed E-state index contributed by atoms with van der Waals surface area (Å²) in [5, 5.41) is 7.93. The lowest BCUT2D eigenvalue weighted by Gasteiger charge is -2.15. The lowest BCUT2D eigenvalue weighted by atomic mass is 9.96. The highest BCUT2D eigenvalue weighted by molar-refractivity contribution is 5.94. The van der Waals surface area contributed by atoms with Gasteiger partial charge >= 0.3 is 0 Å². The van der Waals surface area contributed by atoms with Crippen LogP contribution in [-0.4, -0.2) is 14.8 Å². The van der Waals surface area contributed by atoms with E-state index in [9.17, 15) is 0 Å². The van der Waals surface area contributed by atoms with Crippen LogP contribution in [0.5, 0.6) is 0 Å². The van der Waals surface area contributed by atoms with Crippen molar-refractivity contribution < 1.29 is 0 Å². The molecule has 0 atom stereocenters. The number of aromatic nitrogens is 3. The average Bonchev–Trinajstić information content (AvgIpc) is 3.32. The van der Waals surface area contributed by atoms with Gasteiger partial charge in [-0.15, -0.1) is 0 Å². The lowest BCUT2D eigenvalue weighted by molar-refractivity contribution is 0.881. The predicted molar refractivity (Wildman–Crippen MR) is 131 cm³/mol. The van der Waals surface area contributed by atoms with Gasteiger partial charge in [0.25, 0.3) is 0 Å². The molecule has 3 heterocycles. The van der Waals surface area contributed by atoms with E-state index in [-0.39, 0.29) is 0 Å². The van der Waals surface area contributed by atoms with Crippen molar-refractivity contribution >= 4 is 23.7 Å². The molecule has 3 aromatic carbocycles. The van der Waals surface area contributed by atoms with Gasteiger partial charge in [0, 0.05) is 29.7 Å². The molecule has 0 fully saturated rings. The minimum absolute atomic E-state index is 0.873. The van der Waals surface area contributed by atoms with Gasteiger partial charge in [-0.05, 0) is 58.7 Å². The molecule has 4 nitrogen and oxygen atoms in total. The van der Waals surface area contributed by atoms with Gasteiger partial charge in [0.05, 0.1) is 11.4 Å². The van der Waals surface area contributed by atoms with Crippen molar-refractivity contribution in [2.24, 2.45) is 0 Å². The van der Waals surface area contributed by atoms with Crippen LogP contribution < -0.4 is 5.32 Å². The van der Waals surface area contributed by atoms with Crippen LogP contribution in [-0.2, 0) is 0 Å². The first-order valence-corrected chi connectivity index (χ1v) is 10.6. The number of benzene rings is 3. The molecule has 0 saturated heterocycles. The number of fused-ring (bicyclic) bond motifs is 2. The van der Waals surface area contributed by atoms with Gasteiger partial charge in [-0.1, -0.05) is 60.7 Å². The molecule has 0 radical (unpaired) electrons. The Morgan fingerprint density at radius 1 is 0.656 bits per heavy atom. The van der Waals surface area contributed by atoms with Crippen LogP contribution in [0, 0.1) is 0 Å². The van der Waals surface area contributed by atoms with Crippen LogP contribution in [0.25, 0.3) is 40.1 Å². The highest BCUT2D eigenvalue weighted by atomic mass is 15.3. The summed E-state index contributed by atoms with van der Waals surface area (Å²) >= 11 is 0. The summed E-state index contributed by atoms with van der Waals surface area (Å²) in [7, 11) is 0. The van der Waals surface area contributed by atoms with Crippen LogP contribution in [0.2, 0.25) is 0 Å². The molecule has 6 rings (SSSR count). The summed E-state index contributed by atoms with van der Waals surface area (Å²) < 4.78 is 1.88. The highest BCUT2D eigenvalue weighted by Crippen LogP contribution is 2.38. The minimum atomic E-state index is 0.873. The first kappa shape index (κ1) is 18.3. The first-order valence-electron chi connectivity index (χ1n) is 10.6. The molecule has 0 saturated carbocycles. The molecule has 5 aromatic rings. The van der Waals surface area contributed by atoms with Crippen molar-refractivity contribution in [2.45, 2.75) is 0 Å². The Bertz CT molecular complexity index is 1450. The van der Waals surface area contributed by atoms with E-state index in [4.69, 9.17) is 0 Å². The van der Waals surface area contributed by atoms with E-state index in [1.54, 1.807) is 6.20 Å². The molecule has 4 heteroatoms. The molecule has 1 aliphatic heterocycles. The fraction of sp³-hybridized carbons (Fsp3) is 0. The van der Waals surface area contributed by atoms with Crippen molar-refractivity contribution in [3.8, 4) is 27.9 Å². The Balaban J connectivity index is 1.43. The number of anilines is 2. The molecule has 1 aliphatic rings. The summed E-state index contributed by atoms with van der Waals surface area (Å²) in [6.07, 6.45) is 9.84. The molecule has 0 aliphatic carbocycles. The number of para-hydroxylation sites is 1. The molecular weight excluding hydrogens is 392 g/mol. The standard InChI is InChI=1S/C28H20N4/c1-7-22(23-8-2-11-25(19-23)32-17-5-16-30-32)18-24(9-1)26-12-3-6-20-13-14-21-10-4-15-29-28(21)31-27(20)26/h1-19H,(H,29,31). The Labute approximate surface area is 186 Å². The molecule has 2 aromatic heterocycles. The van der Waals surface area contributed by atoms with Crippen LogP contribution in [0.3, 0.4) is 0 Å². The smallest absolute Gasteiger partial charge is 0.137 e. The third kappa shape index (κ3) is 3.28. The molecule has 0 bridgehead atoms. The van der Waals surface area contributed by atoms with Crippen LogP contribution in [0.1, 0.15) is 11.1 Å². The quantitative estimate of drug-likeness (QED) is 0.346. The number of nitrogens with zero attached hydrogens (tertiary/aromatic N) is 3. The predicted octanol–water partition coefficient (Wildman–Crippen LogP) is 6.83. The van der Waals surface area contributed by atoms with E-state index in [2.05, 4.69) is 100 Å². The Morgan fingerprint density at radius 2 is 1.44 bits per heavy atom. The zero-order valence-electron chi connectivity index (χ0n) is 17.3. The largest absolute Gasteiger partial charge is 0.339 e. The Morgan fingerprint density at radius 3 is 2.34 bits per heavy atom. The van der Waals surface area contributed by atoms with Gasteiger partial charge in [-0.25, -0.2) is 9.67 Å². The van der Waals surface area contributed by atoms with Crippen LogP contribution >= 0.6 is 0 Å². The molecule has 152 valence electrons. The van der Waals surface area contributed by atoms with Gasteiger partial charge in [-0.2, -0.15) is 5.10 Å². The summed E-state index contributed by atoms with van der Waals surface area (Å²) in [4.78, 5) is 4.54. The first-order chi connectivity index (χ1) is 15.8. The van der Waals surface area contributed by atoms with Crippen LogP contribution in [0.15, 0.2) is 104 Å². The molecule has 0 spiro atoms. The maximum absolute atomic E-state index is 4.54. The molecule has 0 amide bonds. The lowest BCUT2D eigenvalue weighted by Crippen LogP contribution is -1.98. The van der Waals surface area contributed by atoms with Gasteiger partial charge in [0.15, 0.2) is 0 Å². The van der Waals surface area contributed by atoms with Crippen LogP contribution in [0.4, 0.5) is 11.5 Å². The Kier molecular flexibility index (Phi) is 4.40. The summed E-state index contributed by atoms with van der Waals surface area (Å²) in [6, 6.07) is 29.5. The molecule has 0 unspecified atom stereocenters. The summed E-state index contributed by atoms with van der Waals surface area (Å²) in [5.41, 5.74) is 8.97. The van der Waals surface area contributed by atoms with Crippen molar-refractivity contribution in [1.82, 2.24) is 14.8 Å². The highest BCUT2D eigenvalue weighted by Gasteiger charge is 2.14. The van der Waals surface area contributed by atoms with E-state index < -0.39 is 0 Å². The fourth-order valence-electron chi connectivity index (χ4n) is 4.16. The monoisotopic (exact) mass is 412 g/mol. The van der Waals surface area contributed by atoms with Gasteiger partial charge in [0.2, 0.25) is 0 Å². The zero-order valence-corrected chi connectivity index (χ0v) is 17.3. The third-order valence-electron chi connectivity index (χ3n) is 5.74. The second kappa shape index (κ2) is 7.67. The fourth-order valence-corrected chi connectivity index (χ4v) is 4.16. The maximum atomic E-state index is 4.54. The maximum Gasteiger partial charge on any atom is 0.137 e. The van der Waals surface area contributed by atoms with E-state index >= 15 is 0 Å². The van der Waals surface area contributed by atoms with Gasteiger partial charge in [0.1, 0.15) is 5.82 Å². The molecular formula is C28H20N4. The van der Waals surface area contributed by atoms with E-state index in [0.29, 0.717) is 0 Å². The van der Waals surface area contributed by atoms with E-state index in [0.717, 1.165) is 50.6 Å². The third-order valence-corrected chi connectivity index (χ3v) is 5.74. The summed E-state index contributed by atoms with van der Waals surface area (Å²) in [5.74, 6) is 0.873. The van der Waals surface area contributed by atoms with E-state index in [1.165, 1.54) is 0 Å². The van der Waals surface area contributed by atoms with Gasteiger partial charge in [-0.3, -0.25) is 0 Å². The molecule has 32 heavy (non-hydrogen) atoms. The van der Waals surface area contributed by atoms with E-state index in [1.807, 2.05) is 29.2 Å². The number of hydrogen-bond acceptors (Lipinski definition) is 3. The van der Waals surface area contributed by atoms with Crippen molar-refractivity contribution in [3.63, 3.8) is 0 Å². The topological polar surface area (TPSA) is 42.7 Å². The number of pyridine rings is 1. The summed E-state index contributed by atoms with van der Waals surface area (Å²) in [6.45, 7) is 0. The van der Waals surface area contributed by atoms with Crippen molar-refractivity contribution in [3.05, 3.63) is 115 Å². The number of nitrogens with one attached hydrogen (secondary N) is 1. The average molecular weight is 412 g/mol. The van der Waals surface area contributed by atoms with Crippen molar-refractivity contribution in [1.29, 1.82) is 0 Å². The normalized spacial score (nSPS) is 11.9. The minimum Gasteiger partial charge on any atom is -0.339 e. The number of hydrogen-bond donors (Lipinski definition) is 1. The van der Waals surface area contributed by atoms with Gasteiger partial charge < -0.3 is 5.32 Å². The van der Waals surface area contributed by atoms with Crippen molar-refractivity contribution in [2.75, 3.05) is 5.32 Å². The second-order valence-corrected chi connectivity index (χ2v) is 7.75.